The van der Waals surface area contributed by atoms with Gasteiger partial charge in [-0.15, -0.1) is 0 Å². The lowest BCUT2D eigenvalue weighted by Crippen LogP contribution is -2.49. The molecule has 1 fully saturated rings. The molecule has 0 bridgehead atoms. The average Bonchev–Trinajstić information content (AvgIpc) is 2.73. The van der Waals surface area contributed by atoms with E-state index in [-0.39, 0.29) is 11.9 Å². The summed E-state index contributed by atoms with van der Waals surface area (Å²) in [4.78, 5) is 27.7. The smallest absolute Gasteiger partial charge is 0.253 e. The van der Waals surface area contributed by atoms with Crippen LogP contribution in [0.25, 0.3) is 10.9 Å². The number of rotatable bonds is 3. The summed E-state index contributed by atoms with van der Waals surface area (Å²) in [5, 5.41) is 1.58. The third-order valence-electron chi connectivity index (χ3n) is 5.15. The molecule has 0 atom stereocenters. The Morgan fingerprint density at radius 2 is 1.72 bits per heavy atom. The number of halogens is 1. The number of aromatic nitrogens is 2. The number of hydrogen-bond acceptors (Lipinski definition) is 6. The van der Waals surface area contributed by atoms with Crippen LogP contribution in [0.15, 0.2) is 42.5 Å². The van der Waals surface area contributed by atoms with Crippen molar-refractivity contribution in [2.75, 3.05) is 55.8 Å². The molecule has 7 nitrogen and oxygen atoms in total. The fourth-order valence-corrected chi connectivity index (χ4v) is 3.66. The van der Waals surface area contributed by atoms with Crippen LogP contribution in [0.2, 0.25) is 5.02 Å². The van der Waals surface area contributed by atoms with Gasteiger partial charge < -0.3 is 20.4 Å². The molecule has 2 N–H and O–H groups in total. The van der Waals surface area contributed by atoms with Crippen LogP contribution in [-0.2, 0) is 0 Å². The molecule has 150 valence electrons. The maximum absolute atomic E-state index is 12.8. The van der Waals surface area contributed by atoms with Crippen molar-refractivity contribution in [3.63, 3.8) is 0 Å². The molecule has 2 aromatic carbocycles. The summed E-state index contributed by atoms with van der Waals surface area (Å²) in [5.41, 5.74) is 8.50. The van der Waals surface area contributed by atoms with Crippen molar-refractivity contribution in [1.82, 2.24) is 14.9 Å². The molecule has 0 radical (unpaired) electrons. The van der Waals surface area contributed by atoms with E-state index in [9.17, 15) is 4.79 Å². The van der Waals surface area contributed by atoms with Gasteiger partial charge in [-0.25, -0.2) is 4.98 Å². The maximum atomic E-state index is 12.8. The number of carbonyl (C=O) groups excluding carboxylic acids is 1. The SMILES string of the molecule is CN(C)c1ccc2nc(N)nc(N3CCN(C(=O)c4ccc(Cl)cc4)CC3)c2c1. The van der Waals surface area contributed by atoms with Gasteiger partial charge in [0.25, 0.3) is 5.91 Å². The van der Waals surface area contributed by atoms with Crippen molar-refractivity contribution in [3.8, 4) is 0 Å². The molecule has 1 aliphatic heterocycles. The highest BCUT2D eigenvalue weighted by Crippen LogP contribution is 2.29. The van der Waals surface area contributed by atoms with Gasteiger partial charge in [0.1, 0.15) is 5.82 Å². The quantitative estimate of drug-likeness (QED) is 0.715. The molecule has 0 spiro atoms. The standard InChI is InChI=1S/C21H23ClN6O/c1-26(2)16-7-8-18-17(13-16)19(25-21(23)24-18)27-9-11-28(12-10-27)20(29)14-3-5-15(22)6-4-14/h3-8,13H,9-12H2,1-2H3,(H2,23,24,25). The van der Waals surface area contributed by atoms with Crippen molar-refractivity contribution >= 4 is 45.9 Å². The Kier molecular flexibility index (Phi) is 5.15. The van der Waals surface area contributed by atoms with Crippen LogP contribution in [0.3, 0.4) is 0 Å². The summed E-state index contributed by atoms with van der Waals surface area (Å²) in [6, 6.07) is 13.1. The summed E-state index contributed by atoms with van der Waals surface area (Å²) in [5.74, 6) is 1.09. The van der Waals surface area contributed by atoms with E-state index in [2.05, 4.69) is 20.9 Å². The first-order valence-electron chi connectivity index (χ1n) is 9.47. The number of carbonyl (C=O) groups is 1. The highest BCUT2D eigenvalue weighted by atomic mass is 35.5. The van der Waals surface area contributed by atoms with E-state index in [0.29, 0.717) is 36.8 Å². The number of fused-ring (bicyclic) bond motifs is 1. The third-order valence-corrected chi connectivity index (χ3v) is 5.40. The van der Waals surface area contributed by atoms with E-state index >= 15 is 0 Å². The molecule has 1 amide bonds. The van der Waals surface area contributed by atoms with Crippen LogP contribution in [0.1, 0.15) is 10.4 Å². The number of benzene rings is 2. The van der Waals surface area contributed by atoms with E-state index in [1.54, 1.807) is 24.3 Å². The number of amides is 1. The fraction of sp³-hybridized carbons (Fsp3) is 0.286. The molecule has 0 saturated carbocycles. The largest absolute Gasteiger partial charge is 0.378 e. The van der Waals surface area contributed by atoms with Crippen molar-refractivity contribution in [2.24, 2.45) is 0 Å². The number of nitrogens with two attached hydrogens (primary N) is 1. The minimum atomic E-state index is 0.0169. The molecule has 1 aromatic heterocycles. The number of nitrogen functional groups attached to an aromatic ring is 1. The minimum absolute atomic E-state index is 0.0169. The van der Waals surface area contributed by atoms with E-state index < -0.39 is 0 Å². The topological polar surface area (TPSA) is 78.6 Å². The lowest BCUT2D eigenvalue weighted by molar-refractivity contribution is 0.0746. The molecule has 3 aromatic rings. The normalized spacial score (nSPS) is 14.3. The zero-order chi connectivity index (χ0) is 20.5. The van der Waals surface area contributed by atoms with Crippen LogP contribution in [0.4, 0.5) is 17.5 Å². The second-order valence-corrected chi connectivity index (χ2v) is 7.72. The third kappa shape index (κ3) is 3.91. The van der Waals surface area contributed by atoms with Gasteiger partial charge in [0.15, 0.2) is 0 Å². The van der Waals surface area contributed by atoms with Gasteiger partial charge in [0, 0.05) is 61.9 Å². The Hall–Kier alpha value is -3.06. The molecule has 29 heavy (non-hydrogen) atoms. The summed E-state index contributed by atoms with van der Waals surface area (Å²) >= 11 is 5.92. The van der Waals surface area contributed by atoms with Crippen LogP contribution >= 0.6 is 11.6 Å². The van der Waals surface area contributed by atoms with Gasteiger partial charge >= 0.3 is 0 Å². The fourth-order valence-electron chi connectivity index (χ4n) is 3.53. The Bertz CT molecular complexity index is 1040. The van der Waals surface area contributed by atoms with Gasteiger partial charge in [-0.2, -0.15) is 4.98 Å². The summed E-state index contributed by atoms with van der Waals surface area (Å²) in [6.07, 6.45) is 0. The molecule has 4 rings (SSSR count). The Labute approximate surface area is 174 Å². The Morgan fingerprint density at radius 1 is 1.03 bits per heavy atom. The van der Waals surface area contributed by atoms with Crippen molar-refractivity contribution in [3.05, 3.63) is 53.1 Å². The molecule has 0 unspecified atom stereocenters. The second kappa shape index (κ2) is 7.75. The predicted molar refractivity (Wildman–Crippen MR) is 118 cm³/mol. The van der Waals surface area contributed by atoms with Crippen molar-refractivity contribution in [2.45, 2.75) is 0 Å². The van der Waals surface area contributed by atoms with Gasteiger partial charge in [-0.3, -0.25) is 4.79 Å². The first-order chi connectivity index (χ1) is 13.9. The van der Waals surface area contributed by atoms with Crippen molar-refractivity contribution in [1.29, 1.82) is 0 Å². The lowest BCUT2D eigenvalue weighted by Gasteiger charge is -2.36. The first kappa shape index (κ1) is 19.3. The maximum Gasteiger partial charge on any atom is 0.253 e. The van der Waals surface area contributed by atoms with Gasteiger partial charge in [0.2, 0.25) is 5.95 Å². The lowest BCUT2D eigenvalue weighted by atomic mass is 10.1. The Balaban J connectivity index is 1.56. The zero-order valence-electron chi connectivity index (χ0n) is 16.5. The molecule has 2 heterocycles. The van der Waals surface area contributed by atoms with E-state index in [4.69, 9.17) is 17.3 Å². The van der Waals surface area contributed by atoms with E-state index in [0.717, 1.165) is 22.4 Å². The monoisotopic (exact) mass is 410 g/mol. The van der Waals surface area contributed by atoms with Gasteiger partial charge in [0.05, 0.1) is 5.52 Å². The number of nitrogens with zero attached hydrogens (tertiary/aromatic N) is 5. The van der Waals surface area contributed by atoms with Crippen LogP contribution < -0.4 is 15.5 Å². The molecular weight excluding hydrogens is 388 g/mol. The Morgan fingerprint density at radius 3 is 2.38 bits per heavy atom. The van der Waals surface area contributed by atoms with Crippen molar-refractivity contribution < 1.29 is 4.79 Å². The summed E-state index contributed by atoms with van der Waals surface area (Å²) < 4.78 is 0. The number of anilines is 3. The van der Waals surface area contributed by atoms with Crippen LogP contribution in [0, 0.1) is 0 Å². The van der Waals surface area contributed by atoms with Crippen LogP contribution in [0.5, 0.6) is 0 Å². The minimum Gasteiger partial charge on any atom is -0.378 e. The highest BCUT2D eigenvalue weighted by molar-refractivity contribution is 6.30. The van der Waals surface area contributed by atoms with Gasteiger partial charge in [-0.05, 0) is 42.5 Å². The highest BCUT2D eigenvalue weighted by Gasteiger charge is 2.24. The molecule has 1 aliphatic rings. The zero-order valence-corrected chi connectivity index (χ0v) is 17.2. The molecule has 8 heteroatoms. The molecule has 0 aliphatic carbocycles. The van der Waals surface area contributed by atoms with Gasteiger partial charge in [-0.1, -0.05) is 11.6 Å². The molecular formula is C21H23ClN6O. The summed E-state index contributed by atoms with van der Waals surface area (Å²) in [6.45, 7) is 2.58. The van der Waals surface area contributed by atoms with E-state index in [1.165, 1.54) is 0 Å². The van der Waals surface area contributed by atoms with Crippen LogP contribution in [-0.4, -0.2) is 61.0 Å². The number of hydrogen-bond donors (Lipinski definition) is 1. The average molecular weight is 411 g/mol. The second-order valence-electron chi connectivity index (χ2n) is 7.29. The predicted octanol–water partition coefficient (Wildman–Crippen LogP) is 2.89. The first-order valence-corrected chi connectivity index (χ1v) is 9.84. The molecule has 1 saturated heterocycles. The number of piperazine rings is 1. The summed E-state index contributed by atoms with van der Waals surface area (Å²) in [7, 11) is 4.00. The van der Waals surface area contributed by atoms with E-state index in [1.807, 2.05) is 36.0 Å².